The average Bonchev–Trinajstić information content (AvgIpc) is 2.37. The van der Waals surface area contributed by atoms with Gasteiger partial charge in [-0.25, -0.2) is 0 Å². The molecule has 18 heavy (non-hydrogen) atoms. The van der Waals surface area contributed by atoms with Gasteiger partial charge >= 0.3 is 0 Å². The molecular weight excluding hydrogens is 220 g/mol. The van der Waals surface area contributed by atoms with Gasteiger partial charge in [0.2, 0.25) is 6.17 Å². The molecule has 0 saturated carbocycles. The lowest BCUT2D eigenvalue weighted by Crippen LogP contribution is -2.69. The maximum atomic E-state index is 2.55. The van der Waals surface area contributed by atoms with Crippen LogP contribution in [0.3, 0.4) is 0 Å². The van der Waals surface area contributed by atoms with E-state index in [1.54, 1.807) is 0 Å². The molecule has 0 unspecified atom stereocenters. The molecule has 106 valence electrons. The van der Waals surface area contributed by atoms with Gasteiger partial charge in [-0.3, -0.25) is 8.97 Å². The SMILES string of the molecule is CCCC([N+]1(C)CCCCC1)[N+]1(C)CCCCC1. The minimum atomic E-state index is 0.871. The highest BCUT2D eigenvalue weighted by Crippen LogP contribution is 2.32. The molecule has 0 bridgehead atoms. The molecule has 0 radical (unpaired) electrons. The van der Waals surface area contributed by atoms with Gasteiger partial charge in [-0.1, -0.05) is 6.92 Å². The standard InChI is InChI=1S/C16H34N2/c1-4-11-16(17(2)12-7-5-8-13-17)18(3)14-9-6-10-15-18/h16H,4-15H2,1-3H3/q+2. The first-order valence-corrected chi connectivity index (χ1v) is 8.29. The summed E-state index contributed by atoms with van der Waals surface area (Å²) in [5, 5.41) is 0. The van der Waals surface area contributed by atoms with Crippen LogP contribution in [0.25, 0.3) is 0 Å². The number of hydrogen-bond donors (Lipinski definition) is 0. The Labute approximate surface area is 114 Å². The van der Waals surface area contributed by atoms with Crippen molar-refractivity contribution >= 4 is 0 Å². The molecule has 0 amide bonds. The van der Waals surface area contributed by atoms with Gasteiger partial charge < -0.3 is 0 Å². The topological polar surface area (TPSA) is 0 Å². The van der Waals surface area contributed by atoms with Crippen molar-refractivity contribution in [2.75, 3.05) is 40.3 Å². The van der Waals surface area contributed by atoms with Gasteiger partial charge in [0.15, 0.2) is 0 Å². The summed E-state index contributed by atoms with van der Waals surface area (Å²) in [5.74, 6) is 0. The summed E-state index contributed by atoms with van der Waals surface area (Å²) in [7, 11) is 5.11. The number of piperidine rings is 2. The monoisotopic (exact) mass is 254 g/mol. The summed E-state index contributed by atoms with van der Waals surface area (Å²) < 4.78 is 2.73. The van der Waals surface area contributed by atoms with E-state index in [2.05, 4.69) is 21.0 Å². The van der Waals surface area contributed by atoms with Gasteiger partial charge in [0, 0.05) is 0 Å². The van der Waals surface area contributed by atoms with Crippen molar-refractivity contribution in [2.24, 2.45) is 0 Å². The molecular formula is C16H34N2+2. The van der Waals surface area contributed by atoms with Crippen molar-refractivity contribution < 1.29 is 8.97 Å². The normalized spacial score (nSPS) is 27.3. The van der Waals surface area contributed by atoms with Crippen LogP contribution in [0.1, 0.15) is 58.3 Å². The van der Waals surface area contributed by atoms with Crippen molar-refractivity contribution in [3.63, 3.8) is 0 Å². The van der Waals surface area contributed by atoms with E-state index in [1.807, 2.05) is 0 Å². The Kier molecular flexibility index (Phi) is 4.71. The van der Waals surface area contributed by atoms with E-state index in [-0.39, 0.29) is 0 Å². The van der Waals surface area contributed by atoms with Crippen molar-refractivity contribution in [2.45, 2.75) is 64.5 Å². The summed E-state index contributed by atoms with van der Waals surface area (Å²) in [6, 6.07) is 0. The molecule has 2 aliphatic heterocycles. The molecule has 2 rings (SSSR count). The Morgan fingerprint density at radius 2 is 1.11 bits per heavy atom. The second kappa shape index (κ2) is 5.92. The zero-order valence-corrected chi connectivity index (χ0v) is 13.0. The molecule has 0 spiro atoms. The first-order valence-electron chi connectivity index (χ1n) is 8.29. The summed E-state index contributed by atoms with van der Waals surface area (Å²) in [4.78, 5) is 0. The van der Waals surface area contributed by atoms with E-state index in [0.29, 0.717) is 0 Å². The number of rotatable bonds is 4. The smallest absolute Gasteiger partial charge is 0.216 e. The Morgan fingerprint density at radius 3 is 1.44 bits per heavy atom. The van der Waals surface area contributed by atoms with Gasteiger partial charge in [-0.05, 0) is 44.9 Å². The van der Waals surface area contributed by atoms with Crippen LogP contribution in [0.15, 0.2) is 0 Å². The van der Waals surface area contributed by atoms with Crippen LogP contribution in [0, 0.1) is 0 Å². The summed E-state index contributed by atoms with van der Waals surface area (Å²) in [5.41, 5.74) is 0. The number of nitrogens with zero attached hydrogens (tertiary/aromatic N) is 2. The van der Waals surface area contributed by atoms with E-state index < -0.39 is 0 Å². The molecule has 2 fully saturated rings. The summed E-state index contributed by atoms with van der Waals surface area (Å²) in [6.45, 7) is 8.09. The number of hydrogen-bond acceptors (Lipinski definition) is 0. The van der Waals surface area contributed by atoms with Gasteiger partial charge in [0.25, 0.3) is 0 Å². The minimum absolute atomic E-state index is 0.871. The van der Waals surface area contributed by atoms with Crippen LogP contribution >= 0.6 is 0 Å². The maximum absolute atomic E-state index is 2.55. The van der Waals surface area contributed by atoms with E-state index in [0.717, 1.165) is 6.17 Å². The quantitative estimate of drug-likeness (QED) is 0.675. The van der Waals surface area contributed by atoms with Gasteiger partial charge in [-0.15, -0.1) is 0 Å². The molecule has 2 heteroatoms. The molecule has 2 aliphatic rings. The fourth-order valence-electron chi connectivity index (χ4n) is 4.62. The zero-order valence-electron chi connectivity index (χ0n) is 13.0. The predicted molar refractivity (Wildman–Crippen MR) is 78.2 cm³/mol. The summed E-state index contributed by atoms with van der Waals surface area (Å²) in [6.07, 6.45) is 12.4. The number of quaternary nitrogens is 2. The van der Waals surface area contributed by atoms with E-state index in [9.17, 15) is 0 Å². The van der Waals surface area contributed by atoms with Crippen molar-refractivity contribution in [3.05, 3.63) is 0 Å². The fourth-order valence-corrected chi connectivity index (χ4v) is 4.62. The molecule has 0 atom stereocenters. The third-order valence-electron chi connectivity index (χ3n) is 5.66. The molecule has 2 nitrogen and oxygen atoms in total. The van der Waals surface area contributed by atoms with E-state index in [1.165, 1.54) is 86.5 Å². The largest absolute Gasteiger partial charge is 0.277 e. The Morgan fingerprint density at radius 1 is 0.722 bits per heavy atom. The molecule has 0 aromatic carbocycles. The second-order valence-corrected chi connectivity index (χ2v) is 7.24. The highest BCUT2D eigenvalue weighted by atomic mass is 15.5. The van der Waals surface area contributed by atoms with Gasteiger partial charge in [0.1, 0.15) is 0 Å². The van der Waals surface area contributed by atoms with Crippen LogP contribution < -0.4 is 0 Å². The van der Waals surface area contributed by atoms with Gasteiger partial charge in [-0.2, -0.15) is 0 Å². The van der Waals surface area contributed by atoms with Crippen LogP contribution in [-0.2, 0) is 0 Å². The van der Waals surface area contributed by atoms with Crippen LogP contribution in [-0.4, -0.2) is 55.4 Å². The Hall–Kier alpha value is -0.0800. The number of likely N-dealkylation sites (tertiary alicyclic amines) is 2. The molecule has 0 aliphatic carbocycles. The van der Waals surface area contributed by atoms with Crippen molar-refractivity contribution in [1.82, 2.24) is 0 Å². The van der Waals surface area contributed by atoms with E-state index >= 15 is 0 Å². The molecule has 2 heterocycles. The predicted octanol–water partition coefficient (Wildman–Crippen LogP) is 3.37. The highest BCUT2D eigenvalue weighted by molar-refractivity contribution is 4.61. The summed E-state index contributed by atoms with van der Waals surface area (Å²) >= 11 is 0. The molecule has 0 N–H and O–H groups in total. The lowest BCUT2D eigenvalue weighted by molar-refractivity contribution is -1.12. The average molecular weight is 254 g/mol. The van der Waals surface area contributed by atoms with Crippen molar-refractivity contribution in [1.29, 1.82) is 0 Å². The van der Waals surface area contributed by atoms with Crippen LogP contribution in [0.2, 0.25) is 0 Å². The first-order chi connectivity index (χ1) is 8.61. The van der Waals surface area contributed by atoms with Crippen molar-refractivity contribution in [3.8, 4) is 0 Å². The fraction of sp³-hybridized carbons (Fsp3) is 1.00. The molecule has 0 aromatic rings. The van der Waals surface area contributed by atoms with Crippen LogP contribution in [0.4, 0.5) is 0 Å². The lowest BCUT2D eigenvalue weighted by atomic mass is 10.0. The highest BCUT2D eigenvalue weighted by Gasteiger charge is 2.46. The zero-order chi connectivity index (χ0) is 13.1. The third-order valence-corrected chi connectivity index (χ3v) is 5.66. The molecule has 0 aromatic heterocycles. The van der Waals surface area contributed by atoms with Crippen LogP contribution in [0.5, 0.6) is 0 Å². The molecule has 2 saturated heterocycles. The maximum Gasteiger partial charge on any atom is 0.216 e. The van der Waals surface area contributed by atoms with E-state index in [4.69, 9.17) is 0 Å². The van der Waals surface area contributed by atoms with Gasteiger partial charge in [0.05, 0.1) is 46.7 Å². The second-order valence-electron chi connectivity index (χ2n) is 7.24. The Balaban J connectivity index is 2.15. The Bertz CT molecular complexity index is 226. The minimum Gasteiger partial charge on any atom is -0.277 e. The third kappa shape index (κ3) is 2.91. The lowest BCUT2D eigenvalue weighted by Gasteiger charge is -2.53. The first kappa shape index (κ1) is 14.3.